The average molecular weight is 255 g/mol. The van der Waals surface area contributed by atoms with Crippen molar-refractivity contribution in [2.45, 2.75) is 11.8 Å². The summed E-state index contributed by atoms with van der Waals surface area (Å²) in [7, 11) is 0. The standard InChI is InChI=1S/C7H6BrF3N2/c8-2-5-4(12)1-3(6(9)10)7(11)13-5/h1,6H,2,12H2. The zero-order valence-electron chi connectivity index (χ0n) is 6.40. The zero-order valence-corrected chi connectivity index (χ0v) is 7.98. The van der Waals surface area contributed by atoms with Gasteiger partial charge in [-0.25, -0.2) is 13.8 Å². The van der Waals surface area contributed by atoms with Gasteiger partial charge < -0.3 is 5.73 Å². The number of pyridine rings is 1. The first-order valence-electron chi connectivity index (χ1n) is 3.35. The van der Waals surface area contributed by atoms with Gasteiger partial charge in [-0.1, -0.05) is 15.9 Å². The first kappa shape index (κ1) is 10.3. The minimum Gasteiger partial charge on any atom is -0.397 e. The molecule has 2 nitrogen and oxygen atoms in total. The van der Waals surface area contributed by atoms with Crippen LogP contribution >= 0.6 is 15.9 Å². The molecule has 0 atom stereocenters. The Bertz CT molecular complexity index is 317. The van der Waals surface area contributed by atoms with Crippen molar-refractivity contribution >= 4 is 21.6 Å². The largest absolute Gasteiger partial charge is 0.397 e. The lowest BCUT2D eigenvalue weighted by atomic mass is 10.2. The van der Waals surface area contributed by atoms with Crippen LogP contribution in [-0.4, -0.2) is 4.98 Å². The van der Waals surface area contributed by atoms with Crippen LogP contribution in [0.5, 0.6) is 0 Å². The van der Waals surface area contributed by atoms with Crippen LogP contribution in [-0.2, 0) is 5.33 Å². The molecule has 0 saturated carbocycles. The van der Waals surface area contributed by atoms with E-state index >= 15 is 0 Å². The van der Waals surface area contributed by atoms with E-state index in [4.69, 9.17) is 5.73 Å². The lowest BCUT2D eigenvalue weighted by Crippen LogP contribution is -2.02. The number of nitrogens with zero attached hydrogens (tertiary/aromatic N) is 1. The Morgan fingerprint density at radius 3 is 2.62 bits per heavy atom. The van der Waals surface area contributed by atoms with Gasteiger partial charge in [0.25, 0.3) is 6.43 Å². The van der Waals surface area contributed by atoms with E-state index in [1.54, 1.807) is 0 Å². The summed E-state index contributed by atoms with van der Waals surface area (Å²) >= 11 is 3.01. The smallest absolute Gasteiger partial charge is 0.268 e. The van der Waals surface area contributed by atoms with Gasteiger partial charge in [-0.15, -0.1) is 0 Å². The maximum atomic E-state index is 12.8. The molecule has 1 heterocycles. The molecule has 13 heavy (non-hydrogen) atoms. The molecule has 1 aromatic heterocycles. The second kappa shape index (κ2) is 3.95. The van der Waals surface area contributed by atoms with E-state index in [0.29, 0.717) is 0 Å². The lowest BCUT2D eigenvalue weighted by Gasteiger charge is -2.05. The van der Waals surface area contributed by atoms with E-state index in [-0.39, 0.29) is 16.7 Å². The number of hydrogen-bond acceptors (Lipinski definition) is 2. The molecule has 1 aromatic rings. The molecule has 2 N–H and O–H groups in total. The molecule has 0 fully saturated rings. The number of rotatable bonds is 2. The predicted molar refractivity (Wildman–Crippen MR) is 46.2 cm³/mol. The zero-order chi connectivity index (χ0) is 10.0. The fourth-order valence-electron chi connectivity index (χ4n) is 0.818. The van der Waals surface area contributed by atoms with Crippen molar-refractivity contribution < 1.29 is 13.2 Å². The van der Waals surface area contributed by atoms with Gasteiger partial charge in [0.05, 0.1) is 16.9 Å². The van der Waals surface area contributed by atoms with Crippen molar-refractivity contribution in [3.05, 3.63) is 23.3 Å². The number of nitrogens with two attached hydrogens (primary N) is 1. The number of hydrogen-bond donors (Lipinski definition) is 1. The van der Waals surface area contributed by atoms with Crippen LogP contribution in [0.25, 0.3) is 0 Å². The Hall–Kier alpha value is -0.780. The first-order chi connectivity index (χ1) is 6.06. The highest BCUT2D eigenvalue weighted by molar-refractivity contribution is 9.08. The molecule has 0 saturated heterocycles. The van der Waals surface area contributed by atoms with Crippen molar-refractivity contribution in [1.82, 2.24) is 4.98 Å². The molecular formula is C7H6BrF3N2. The van der Waals surface area contributed by atoms with Crippen molar-refractivity contribution in [3.8, 4) is 0 Å². The average Bonchev–Trinajstić information content (AvgIpc) is 2.07. The van der Waals surface area contributed by atoms with E-state index in [9.17, 15) is 13.2 Å². The second-order valence-corrected chi connectivity index (χ2v) is 2.90. The quantitative estimate of drug-likeness (QED) is 0.651. The minimum absolute atomic E-state index is 0.0635. The van der Waals surface area contributed by atoms with Gasteiger partial charge in [-0.05, 0) is 6.07 Å². The fraction of sp³-hybridized carbons (Fsp3) is 0.286. The Balaban J connectivity index is 3.20. The van der Waals surface area contributed by atoms with Crippen LogP contribution < -0.4 is 5.73 Å². The van der Waals surface area contributed by atoms with E-state index in [0.717, 1.165) is 6.07 Å². The lowest BCUT2D eigenvalue weighted by molar-refractivity contribution is 0.145. The molecule has 72 valence electrons. The van der Waals surface area contributed by atoms with Gasteiger partial charge in [0.2, 0.25) is 5.95 Å². The molecule has 0 radical (unpaired) electrons. The third-order valence-electron chi connectivity index (χ3n) is 1.48. The monoisotopic (exact) mass is 254 g/mol. The summed E-state index contributed by atoms with van der Waals surface area (Å²) in [5, 5.41) is 0.235. The third-order valence-corrected chi connectivity index (χ3v) is 2.01. The molecular weight excluding hydrogens is 249 g/mol. The number of anilines is 1. The fourth-order valence-corrected chi connectivity index (χ4v) is 1.27. The Labute approximate surface area is 81.1 Å². The highest BCUT2D eigenvalue weighted by atomic mass is 79.9. The van der Waals surface area contributed by atoms with Crippen LogP contribution in [0.1, 0.15) is 17.7 Å². The summed E-state index contributed by atoms with van der Waals surface area (Å²) in [6, 6.07) is 0.906. The first-order valence-corrected chi connectivity index (χ1v) is 4.47. The molecule has 0 aromatic carbocycles. The normalized spacial score (nSPS) is 10.8. The van der Waals surface area contributed by atoms with Crippen LogP contribution in [0.4, 0.5) is 18.9 Å². The van der Waals surface area contributed by atoms with Gasteiger partial charge in [0.1, 0.15) is 0 Å². The predicted octanol–water partition coefficient (Wildman–Crippen LogP) is 2.64. The van der Waals surface area contributed by atoms with E-state index < -0.39 is 17.9 Å². The number of aromatic nitrogens is 1. The van der Waals surface area contributed by atoms with Crippen LogP contribution in [0, 0.1) is 5.95 Å². The highest BCUT2D eigenvalue weighted by Gasteiger charge is 2.16. The molecule has 0 aliphatic carbocycles. The second-order valence-electron chi connectivity index (χ2n) is 2.34. The van der Waals surface area contributed by atoms with E-state index in [2.05, 4.69) is 20.9 Å². The van der Waals surface area contributed by atoms with E-state index in [1.807, 2.05) is 0 Å². The molecule has 0 amide bonds. The molecule has 0 bridgehead atoms. The van der Waals surface area contributed by atoms with Crippen LogP contribution in [0.2, 0.25) is 0 Å². The van der Waals surface area contributed by atoms with Crippen molar-refractivity contribution in [2.24, 2.45) is 0 Å². The topological polar surface area (TPSA) is 38.9 Å². The van der Waals surface area contributed by atoms with Crippen LogP contribution in [0.15, 0.2) is 6.07 Å². The van der Waals surface area contributed by atoms with E-state index in [1.165, 1.54) is 0 Å². The van der Waals surface area contributed by atoms with Crippen molar-refractivity contribution in [2.75, 3.05) is 5.73 Å². The Kier molecular flexibility index (Phi) is 3.13. The van der Waals surface area contributed by atoms with Crippen molar-refractivity contribution in [3.63, 3.8) is 0 Å². The SMILES string of the molecule is Nc1cc(C(F)F)c(F)nc1CBr. The Morgan fingerprint density at radius 2 is 2.15 bits per heavy atom. The maximum absolute atomic E-state index is 12.8. The van der Waals surface area contributed by atoms with Crippen molar-refractivity contribution in [1.29, 1.82) is 0 Å². The molecule has 6 heteroatoms. The Morgan fingerprint density at radius 1 is 1.54 bits per heavy atom. The highest BCUT2D eigenvalue weighted by Crippen LogP contribution is 2.25. The number of alkyl halides is 3. The van der Waals surface area contributed by atoms with Gasteiger partial charge >= 0.3 is 0 Å². The maximum Gasteiger partial charge on any atom is 0.268 e. The summed E-state index contributed by atoms with van der Waals surface area (Å²) in [6.07, 6.45) is -2.89. The number of halogens is 4. The van der Waals surface area contributed by atoms with Gasteiger partial charge in [0.15, 0.2) is 0 Å². The van der Waals surface area contributed by atoms with Gasteiger partial charge in [-0.2, -0.15) is 4.39 Å². The molecule has 0 aliphatic rings. The number of nitrogen functional groups attached to an aromatic ring is 1. The molecule has 0 aliphatic heterocycles. The third kappa shape index (κ3) is 2.12. The van der Waals surface area contributed by atoms with Crippen LogP contribution in [0.3, 0.4) is 0 Å². The minimum atomic E-state index is -2.89. The van der Waals surface area contributed by atoms with Gasteiger partial charge in [-0.3, -0.25) is 0 Å². The molecule has 0 spiro atoms. The molecule has 0 unspecified atom stereocenters. The summed E-state index contributed by atoms with van der Waals surface area (Å²) in [5.74, 6) is -1.17. The summed E-state index contributed by atoms with van der Waals surface area (Å²) in [5.41, 5.74) is 4.87. The van der Waals surface area contributed by atoms with Gasteiger partial charge in [0, 0.05) is 5.33 Å². The summed E-state index contributed by atoms with van der Waals surface area (Å²) in [4.78, 5) is 3.29. The molecule has 1 rings (SSSR count). The summed E-state index contributed by atoms with van der Waals surface area (Å²) in [6.45, 7) is 0. The summed E-state index contributed by atoms with van der Waals surface area (Å²) < 4.78 is 37.0.